The number of amides is 2. The van der Waals surface area contributed by atoms with Crippen LogP contribution < -0.4 is 4.31 Å². The standard InChI is InChI=1S/C18H18ClN3O4S/c1-21(10-6-13-4-8-20-9-5-13)18(24)15-3-2-14(12-16(15)19)22-17(23)7-11-27(22,25)26/h2-5,8-9,12H,6-7,10-11H2,1H3. The monoisotopic (exact) mass is 407 g/mol. The van der Waals surface area contributed by atoms with Crippen molar-refractivity contribution in [2.24, 2.45) is 0 Å². The molecule has 1 saturated heterocycles. The van der Waals surface area contributed by atoms with Gasteiger partial charge in [-0.3, -0.25) is 14.6 Å². The van der Waals surface area contributed by atoms with Gasteiger partial charge in [0.1, 0.15) is 0 Å². The molecule has 0 bridgehead atoms. The van der Waals surface area contributed by atoms with Crippen molar-refractivity contribution >= 4 is 39.1 Å². The van der Waals surface area contributed by atoms with Crippen LogP contribution >= 0.6 is 11.6 Å². The maximum Gasteiger partial charge on any atom is 0.255 e. The van der Waals surface area contributed by atoms with Crippen LogP contribution in [-0.4, -0.2) is 49.5 Å². The number of benzene rings is 1. The Hall–Kier alpha value is -2.45. The Kier molecular flexibility index (Phi) is 5.48. The van der Waals surface area contributed by atoms with Gasteiger partial charge >= 0.3 is 0 Å². The van der Waals surface area contributed by atoms with Gasteiger partial charge < -0.3 is 4.90 Å². The summed E-state index contributed by atoms with van der Waals surface area (Å²) < 4.78 is 24.8. The molecular weight excluding hydrogens is 390 g/mol. The molecule has 142 valence electrons. The minimum absolute atomic E-state index is 0.0572. The molecule has 2 amide bonds. The van der Waals surface area contributed by atoms with Crippen LogP contribution in [0.3, 0.4) is 0 Å². The van der Waals surface area contributed by atoms with Crippen molar-refractivity contribution in [2.75, 3.05) is 23.7 Å². The van der Waals surface area contributed by atoms with Crippen molar-refractivity contribution in [3.63, 3.8) is 0 Å². The van der Waals surface area contributed by atoms with Crippen molar-refractivity contribution in [3.05, 3.63) is 58.9 Å². The van der Waals surface area contributed by atoms with Gasteiger partial charge in [-0.15, -0.1) is 0 Å². The number of hydrogen-bond donors (Lipinski definition) is 0. The molecule has 7 nitrogen and oxygen atoms in total. The number of likely N-dealkylation sites (N-methyl/N-ethyl adjacent to an activating group) is 1. The zero-order valence-electron chi connectivity index (χ0n) is 14.6. The van der Waals surface area contributed by atoms with Crippen molar-refractivity contribution in [1.29, 1.82) is 0 Å². The maximum absolute atomic E-state index is 12.6. The van der Waals surface area contributed by atoms with Gasteiger partial charge in [-0.05, 0) is 42.3 Å². The molecule has 1 aromatic carbocycles. The van der Waals surface area contributed by atoms with Crippen LogP contribution in [0, 0.1) is 0 Å². The lowest BCUT2D eigenvalue weighted by Crippen LogP contribution is -2.30. The van der Waals surface area contributed by atoms with Crippen LogP contribution in [-0.2, 0) is 21.2 Å². The highest BCUT2D eigenvalue weighted by Crippen LogP contribution is 2.29. The summed E-state index contributed by atoms with van der Waals surface area (Å²) in [6.45, 7) is 0.486. The lowest BCUT2D eigenvalue weighted by molar-refractivity contribution is -0.116. The number of rotatable bonds is 5. The molecule has 0 saturated carbocycles. The van der Waals surface area contributed by atoms with Gasteiger partial charge in [-0.1, -0.05) is 11.6 Å². The Morgan fingerprint density at radius 1 is 1.26 bits per heavy atom. The molecule has 3 rings (SSSR count). The normalized spacial score (nSPS) is 15.8. The Morgan fingerprint density at radius 2 is 1.96 bits per heavy atom. The molecule has 2 aromatic rings. The second kappa shape index (κ2) is 7.66. The third-order valence-electron chi connectivity index (χ3n) is 4.33. The smallest absolute Gasteiger partial charge is 0.255 e. The molecule has 1 aliphatic heterocycles. The summed E-state index contributed by atoms with van der Waals surface area (Å²) in [5.74, 6) is -1.00. The number of carbonyl (C=O) groups excluding carboxylic acids is 2. The molecule has 1 aromatic heterocycles. The number of nitrogens with zero attached hydrogens (tertiary/aromatic N) is 3. The zero-order chi connectivity index (χ0) is 19.6. The van der Waals surface area contributed by atoms with E-state index in [1.807, 2.05) is 12.1 Å². The van der Waals surface area contributed by atoms with Crippen LogP contribution in [0.5, 0.6) is 0 Å². The van der Waals surface area contributed by atoms with Crippen LogP contribution in [0.2, 0.25) is 5.02 Å². The van der Waals surface area contributed by atoms with E-state index >= 15 is 0 Å². The van der Waals surface area contributed by atoms with Crippen molar-refractivity contribution in [3.8, 4) is 0 Å². The van der Waals surface area contributed by atoms with E-state index in [0.29, 0.717) is 13.0 Å². The SMILES string of the molecule is CN(CCc1ccncc1)C(=O)c1ccc(N2C(=O)CCS2(=O)=O)cc1Cl. The number of pyridine rings is 1. The number of halogens is 1. The summed E-state index contributed by atoms with van der Waals surface area (Å²) in [6.07, 6.45) is 4.00. The first-order valence-electron chi connectivity index (χ1n) is 8.29. The number of hydrogen-bond acceptors (Lipinski definition) is 5. The average molecular weight is 408 g/mol. The van der Waals surface area contributed by atoms with Gasteiger partial charge in [-0.25, -0.2) is 12.7 Å². The molecule has 1 fully saturated rings. The fourth-order valence-electron chi connectivity index (χ4n) is 2.83. The maximum atomic E-state index is 12.6. The fourth-order valence-corrected chi connectivity index (χ4v) is 4.53. The third-order valence-corrected chi connectivity index (χ3v) is 6.33. The summed E-state index contributed by atoms with van der Waals surface area (Å²) in [7, 11) is -2.00. The van der Waals surface area contributed by atoms with Crippen LogP contribution in [0.25, 0.3) is 0 Å². The van der Waals surface area contributed by atoms with Gasteiger partial charge in [0.25, 0.3) is 5.91 Å². The minimum atomic E-state index is -3.67. The lowest BCUT2D eigenvalue weighted by Gasteiger charge is -2.20. The third kappa shape index (κ3) is 4.12. The van der Waals surface area contributed by atoms with Crippen LogP contribution in [0.4, 0.5) is 5.69 Å². The molecule has 1 aliphatic rings. The summed E-state index contributed by atoms with van der Waals surface area (Å²) in [5.41, 5.74) is 1.46. The fraction of sp³-hybridized carbons (Fsp3) is 0.278. The molecule has 2 heterocycles. The predicted octanol–water partition coefficient (Wildman–Crippen LogP) is 2.12. The topological polar surface area (TPSA) is 87.7 Å². The molecule has 9 heteroatoms. The predicted molar refractivity (Wildman–Crippen MR) is 102 cm³/mol. The largest absolute Gasteiger partial charge is 0.341 e. The van der Waals surface area contributed by atoms with E-state index in [1.165, 1.54) is 18.2 Å². The Bertz CT molecular complexity index is 979. The Morgan fingerprint density at radius 3 is 2.56 bits per heavy atom. The second-order valence-electron chi connectivity index (χ2n) is 6.22. The zero-order valence-corrected chi connectivity index (χ0v) is 16.2. The molecule has 0 N–H and O–H groups in total. The summed E-state index contributed by atoms with van der Waals surface area (Å²) in [5, 5.41) is 0.100. The Balaban J connectivity index is 1.75. The van der Waals surface area contributed by atoms with E-state index in [9.17, 15) is 18.0 Å². The van der Waals surface area contributed by atoms with Gasteiger partial charge in [0, 0.05) is 32.4 Å². The average Bonchev–Trinajstić information content (AvgIpc) is 2.92. The first-order valence-corrected chi connectivity index (χ1v) is 10.3. The summed E-state index contributed by atoms with van der Waals surface area (Å²) in [4.78, 5) is 30.0. The lowest BCUT2D eigenvalue weighted by atomic mass is 10.1. The molecular formula is C18H18ClN3O4S. The number of aromatic nitrogens is 1. The molecule has 0 unspecified atom stereocenters. The first-order chi connectivity index (χ1) is 12.8. The first kappa shape index (κ1) is 19.3. The number of sulfonamides is 1. The van der Waals surface area contributed by atoms with Crippen molar-refractivity contribution in [2.45, 2.75) is 12.8 Å². The van der Waals surface area contributed by atoms with Crippen molar-refractivity contribution < 1.29 is 18.0 Å². The highest BCUT2D eigenvalue weighted by Gasteiger charge is 2.36. The summed E-state index contributed by atoms with van der Waals surface area (Å²) in [6, 6.07) is 7.98. The van der Waals surface area contributed by atoms with E-state index in [1.54, 1.807) is 24.3 Å². The molecule has 0 atom stereocenters. The quantitative estimate of drug-likeness (QED) is 0.757. The second-order valence-corrected chi connectivity index (χ2v) is 8.56. The minimum Gasteiger partial charge on any atom is -0.341 e. The molecule has 0 spiro atoms. The molecule has 27 heavy (non-hydrogen) atoms. The van der Waals surface area contributed by atoms with E-state index in [4.69, 9.17) is 11.6 Å². The molecule has 0 radical (unpaired) electrons. The van der Waals surface area contributed by atoms with Gasteiger partial charge in [-0.2, -0.15) is 0 Å². The van der Waals surface area contributed by atoms with E-state index in [2.05, 4.69) is 4.98 Å². The van der Waals surface area contributed by atoms with Crippen molar-refractivity contribution in [1.82, 2.24) is 9.88 Å². The van der Waals surface area contributed by atoms with E-state index < -0.39 is 15.9 Å². The van der Waals surface area contributed by atoms with Gasteiger partial charge in [0.05, 0.1) is 22.0 Å². The summed E-state index contributed by atoms with van der Waals surface area (Å²) >= 11 is 6.22. The Labute approximate surface area is 162 Å². The number of anilines is 1. The molecule has 0 aliphatic carbocycles. The van der Waals surface area contributed by atoms with E-state index in [0.717, 1.165) is 9.87 Å². The van der Waals surface area contributed by atoms with Crippen LogP contribution in [0.1, 0.15) is 22.3 Å². The number of carbonyl (C=O) groups is 2. The highest BCUT2D eigenvalue weighted by atomic mass is 35.5. The van der Waals surface area contributed by atoms with Crippen LogP contribution in [0.15, 0.2) is 42.7 Å². The van der Waals surface area contributed by atoms with Gasteiger partial charge in [0.2, 0.25) is 15.9 Å². The highest BCUT2D eigenvalue weighted by molar-refractivity contribution is 7.94. The van der Waals surface area contributed by atoms with Gasteiger partial charge in [0.15, 0.2) is 0 Å². The van der Waals surface area contributed by atoms with E-state index in [-0.39, 0.29) is 34.4 Å².